The molecule has 0 amide bonds. The van der Waals surface area contributed by atoms with Crippen LogP contribution in [0.15, 0.2) is 18.2 Å². The van der Waals surface area contributed by atoms with Gasteiger partial charge in [0.25, 0.3) is 5.69 Å². The molecule has 0 saturated heterocycles. The molecule has 0 atom stereocenters. The monoisotopic (exact) mass is 257 g/mol. The molecule has 0 saturated carbocycles. The number of hydrogen-bond acceptors (Lipinski definition) is 4. The minimum absolute atomic E-state index is 0.00782. The van der Waals surface area contributed by atoms with Gasteiger partial charge in [0.15, 0.2) is 5.56 Å². The molecule has 0 aliphatic heterocycles. The molecule has 1 aromatic rings. The highest BCUT2D eigenvalue weighted by atomic mass is 35.5. The molecule has 6 heteroatoms. The van der Waals surface area contributed by atoms with Gasteiger partial charge in [-0.25, -0.2) is 4.79 Å². The second-order valence-corrected chi connectivity index (χ2v) is 4.80. The normalized spacial score (nSPS) is 11.1. The highest BCUT2D eigenvalue weighted by molar-refractivity contribution is 6.34. The van der Waals surface area contributed by atoms with Crippen LogP contribution in [0.25, 0.3) is 0 Å². The Balaban J connectivity index is 3.21. The third-order valence-electron chi connectivity index (χ3n) is 1.79. The second-order valence-electron chi connectivity index (χ2n) is 4.39. The van der Waals surface area contributed by atoms with Crippen molar-refractivity contribution in [3.05, 3.63) is 38.9 Å². The molecule has 0 spiro atoms. The Hall–Kier alpha value is -1.62. The van der Waals surface area contributed by atoms with Gasteiger partial charge >= 0.3 is 5.97 Å². The molecule has 0 N–H and O–H groups in total. The van der Waals surface area contributed by atoms with Gasteiger partial charge in [0.2, 0.25) is 0 Å². The molecule has 1 aromatic carbocycles. The number of nitro groups is 1. The summed E-state index contributed by atoms with van der Waals surface area (Å²) >= 11 is 5.79. The Labute approximate surface area is 103 Å². The van der Waals surface area contributed by atoms with Crippen molar-refractivity contribution in [1.29, 1.82) is 0 Å². The number of rotatable bonds is 2. The number of nitrogens with zero attached hydrogens (tertiary/aromatic N) is 1. The molecule has 5 nitrogen and oxygen atoms in total. The van der Waals surface area contributed by atoms with Gasteiger partial charge in [-0.1, -0.05) is 17.7 Å². The second kappa shape index (κ2) is 4.71. The Bertz CT molecular complexity index is 465. The number of carbonyl (C=O) groups is 1. The summed E-state index contributed by atoms with van der Waals surface area (Å²) in [7, 11) is 0. The number of esters is 1. The van der Waals surface area contributed by atoms with Gasteiger partial charge < -0.3 is 4.74 Å². The maximum atomic E-state index is 11.8. The summed E-state index contributed by atoms with van der Waals surface area (Å²) in [6.07, 6.45) is 0. The molecule has 0 radical (unpaired) electrons. The number of carbonyl (C=O) groups excluding carboxylic acids is 1. The number of benzene rings is 1. The predicted molar refractivity (Wildman–Crippen MR) is 63.3 cm³/mol. The lowest BCUT2D eigenvalue weighted by atomic mass is 10.1. The lowest BCUT2D eigenvalue weighted by molar-refractivity contribution is -0.385. The summed E-state index contributed by atoms with van der Waals surface area (Å²) in [5.74, 6) is -0.796. The molecule has 92 valence electrons. The van der Waals surface area contributed by atoms with Crippen molar-refractivity contribution in [2.45, 2.75) is 26.4 Å². The van der Waals surface area contributed by atoms with E-state index in [1.807, 2.05) is 0 Å². The largest absolute Gasteiger partial charge is 0.456 e. The van der Waals surface area contributed by atoms with E-state index < -0.39 is 16.5 Å². The average molecular weight is 258 g/mol. The summed E-state index contributed by atoms with van der Waals surface area (Å²) in [6, 6.07) is 4.03. The van der Waals surface area contributed by atoms with Crippen LogP contribution in [0.5, 0.6) is 0 Å². The van der Waals surface area contributed by atoms with Crippen molar-refractivity contribution in [3.63, 3.8) is 0 Å². The van der Waals surface area contributed by atoms with E-state index in [2.05, 4.69) is 0 Å². The van der Waals surface area contributed by atoms with Gasteiger partial charge in [-0.2, -0.15) is 0 Å². The number of halogens is 1. The van der Waals surface area contributed by atoms with Crippen LogP contribution >= 0.6 is 11.6 Å². The molecular weight excluding hydrogens is 246 g/mol. The SMILES string of the molecule is CC(C)(C)OC(=O)c1c(Cl)cccc1[N+](=O)[O-]. The Kier molecular flexibility index (Phi) is 3.72. The highest BCUT2D eigenvalue weighted by Gasteiger charge is 2.27. The van der Waals surface area contributed by atoms with Crippen LogP contribution in [0, 0.1) is 10.1 Å². The van der Waals surface area contributed by atoms with E-state index in [1.165, 1.54) is 18.2 Å². The smallest absolute Gasteiger partial charge is 0.347 e. The minimum atomic E-state index is -0.796. The van der Waals surface area contributed by atoms with Crippen molar-refractivity contribution >= 4 is 23.3 Å². The summed E-state index contributed by atoms with van der Waals surface area (Å²) in [4.78, 5) is 21.9. The zero-order valence-corrected chi connectivity index (χ0v) is 10.4. The number of nitro benzene ring substituents is 1. The molecule has 0 bridgehead atoms. The molecular formula is C11H12ClNO4. The zero-order valence-electron chi connectivity index (χ0n) is 9.69. The number of hydrogen-bond donors (Lipinski definition) is 0. The van der Waals surface area contributed by atoms with Gasteiger partial charge in [-0.3, -0.25) is 10.1 Å². The maximum absolute atomic E-state index is 11.8. The van der Waals surface area contributed by atoms with Crippen LogP contribution in [0.3, 0.4) is 0 Å². The number of ether oxygens (including phenoxy) is 1. The van der Waals surface area contributed by atoms with Crippen LogP contribution in [0.2, 0.25) is 5.02 Å². The molecule has 0 fully saturated rings. The van der Waals surface area contributed by atoms with Crippen molar-refractivity contribution in [1.82, 2.24) is 0 Å². The van der Waals surface area contributed by atoms with Gasteiger partial charge in [0.1, 0.15) is 5.60 Å². The molecule has 1 rings (SSSR count). The van der Waals surface area contributed by atoms with Gasteiger partial charge in [0, 0.05) is 6.07 Å². The topological polar surface area (TPSA) is 69.4 Å². The molecule has 0 aromatic heterocycles. The summed E-state index contributed by atoms with van der Waals surface area (Å²) in [5, 5.41) is 10.8. The standard InChI is InChI=1S/C11H12ClNO4/c1-11(2,3)17-10(14)9-7(12)5-4-6-8(9)13(15)16/h4-6H,1-3H3. The van der Waals surface area contributed by atoms with E-state index in [1.54, 1.807) is 20.8 Å². The van der Waals surface area contributed by atoms with E-state index in [0.29, 0.717) is 0 Å². The fourth-order valence-electron chi connectivity index (χ4n) is 1.20. The lowest BCUT2D eigenvalue weighted by Gasteiger charge is -2.19. The maximum Gasteiger partial charge on any atom is 0.347 e. The van der Waals surface area contributed by atoms with E-state index >= 15 is 0 Å². The van der Waals surface area contributed by atoms with Gasteiger partial charge in [-0.05, 0) is 26.8 Å². The van der Waals surface area contributed by atoms with Crippen molar-refractivity contribution < 1.29 is 14.5 Å². The Morgan fingerprint density at radius 1 is 1.41 bits per heavy atom. The zero-order chi connectivity index (χ0) is 13.2. The molecule has 0 aliphatic carbocycles. The van der Waals surface area contributed by atoms with E-state index in [-0.39, 0.29) is 16.3 Å². The van der Waals surface area contributed by atoms with Crippen LogP contribution in [0.4, 0.5) is 5.69 Å². The first kappa shape index (κ1) is 13.4. The van der Waals surface area contributed by atoms with E-state index in [4.69, 9.17) is 16.3 Å². The molecule has 0 heterocycles. The van der Waals surface area contributed by atoms with Crippen LogP contribution in [-0.4, -0.2) is 16.5 Å². The average Bonchev–Trinajstić information content (AvgIpc) is 2.13. The third-order valence-corrected chi connectivity index (χ3v) is 2.11. The van der Waals surface area contributed by atoms with Gasteiger partial charge in [0.05, 0.1) is 9.95 Å². The summed E-state index contributed by atoms with van der Waals surface area (Å²) < 4.78 is 5.07. The summed E-state index contributed by atoms with van der Waals surface area (Å²) in [5.41, 5.74) is -1.30. The first-order valence-electron chi connectivity index (χ1n) is 4.88. The summed E-state index contributed by atoms with van der Waals surface area (Å²) in [6.45, 7) is 5.02. The first-order valence-corrected chi connectivity index (χ1v) is 5.26. The van der Waals surface area contributed by atoms with Gasteiger partial charge in [-0.15, -0.1) is 0 Å². The fourth-order valence-corrected chi connectivity index (χ4v) is 1.44. The third kappa shape index (κ3) is 3.42. The minimum Gasteiger partial charge on any atom is -0.456 e. The predicted octanol–water partition coefficient (Wildman–Crippen LogP) is 3.20. The van der Waals surface area contributed by atoms with Crippen molar-refractivity contribution in [2.75, 3.05) is 0 Å². The molecule has 0 unspecified atom stereocenters. The van der Waals surface area contributed by atoms with E-state index in [9.17, 15) is 14.9 Å². The van der Waals surface area contributed by atoms with Crippen molar-refractivity contribution in [2.24, 2.45) is 0 Å². The molecule has 17 heavy (non-hydrogen) atoms. The van der Waals surface area contributed by atoms with Crippen LogP contribution in [-0.2, 0) is 4.74 Å². The van der Waals surface area contributed by atoms with Crippen molar-refractivity contribution in [3.8, 4) is 0 Å². The van der Waals surface area contributed by atoms with Crippen LogP contribution in [0.1, 0.15) is 31.1 Å². The Morgan fingerprint density at radius 2 is 2.00 bits per heavy atom. The quantitative estimate of drug-likeness (QED) is 0.463. The van der Waals surface area contributed by atoms with E-state index in [0.717, 1.165) is 0 Å². The molecule has 0 aliphatic rings. The lowest BCUT2D eigenvalue weighted by Crippen LogP contribution is -2.24. The first-order chi connectivity index (χ1) is 7.72. The highest BCUT2D eigenvalue weighted by Crippen LogP contribution is 2.28. The Morgan fingerprint density at radius 3 is 2.47 bits per heavy atom. The van der Waals surface area contributed by atoms with Crippen LogP contribution < -0.4 is 0 Å². The fraction of sp³-hybridized carbons (Fsp3) is 0.364.